The highest BCUT2D eigenvalue weighted by Crippen LogP contribution is 2.12. The molecule has 9 heteroatoms. The minimum Gasteiger partial charge on any atom is -0.462 e. The molecule has 2 N–H and O–H groups in total. The Labute approximate surface area is 173 Å². The van der Waals surface area contributed by atoms with Crippen molar-refractivity contribution < 1.29 is 14.3 Å². The molecule has 3 aromatic rings. The maximum absolute atomic E-state index is 12.5. The number of hydrogen-bond acceptors (Lipinski definition) is 6. The summed E-state index contributed by atoms with van der Waals surface area (Å²) in [6.45, 7) is 4.73. The second kappa shape index (κ2) is 9.82. The average molecular weight is 411 g/mol. The zero-order valence-corrected chi connectivity index (χ0v) is 17.1. The van der Waals surface area contributed by atoms with E-state index in [1.165, 1.54) is 6.33 Å². The number of carbonyl (C=O) groups excluding carboxylic acids is 2. The van der Waals surface area contributed by atoms with E-state index in [9.17, 15) is 14.4 Å². The van der Waals surface area contributed by atoms with E-state index in [0.717, 1.165) is 12.8 Å². The fourth-order valence-electron chi connectivity index (χ4n) is 2.94. The SMILES string of the molecule is CCCCn1cnc2nc(CCC(=O)Nc3ccc(C(=O)OCC)cc3)[nH]c2c1=O. The number of aryl methyl sites for hydroxylation is 2. The van der Waals surface area contributed by atoms with Crippen molar-refractivity contribution in [3.05, 3.63) is 52.3 Å². The Kier molecular flexibility index (Phi) is 6.95. The van der Waals surface area contributed by atoms with Gasteiger partial charge in [0.25, 0.3) is 5.56 Å². The van der Waals surface area contributed by atoms with Crippen molar-refractivity contribution in [1.82, 2.24) is 19.5 Å². The summed E-state index contributed by atoms with van der Waals surface area (Å²) in [6, 6.07) is 6.49. The van der Waals surface area contributed by atoms with Gasteiger partial charge in [0, 0.05) is 25.1 Å². The zero-order valence-electron chi connectivity index (χ0n) is 17.1. The number of esters is 1. The van der Waals surface area contributed by atoms with Gasteiger partial charge in [0.2, 0.25) is 5.91 Å². The Hall–Kier alpha value is -3.49. The molecule has 2 aromatic heterocycles. The molecule has 2 heterocycles. The van der Waals surface area contributed by atoms with Gasteiger partial charge in [0.15, 0.2) is 11.2 Å². The van der Waals surface area contributed by atoms with Gasteiger partial charge < -0.3 is 15.0 Å². The molecule has 0 aliphatic rings. The number of carbonyl (C=O) groups is 2. The van der Waals surface area contributed by atoms with Crippen LogP contribution in [-0.4, -0.2) is 38.0 Å². The minimum atomic E-state index is -0.400. The van der Waals surface area contributed by atoms with E-state index in [2.05, 4.69) is 27.2 Å². The fourth-order valence-corrected chi connectivity index (χ4v) is 2.94. The standard InChI is InChI=1S/C21H25N5O4/c1-3-5-12-26-13-22-19-18(20(26)28)24-16(25-19)10-11-17(27)23-15-8-6-14(7-9-15)21(29)30-4-2/h6-9,13H,3-5,10-12H2,1-2H3,(H,23,27)(H,24,25). The average Bonchev–Trinajstić information content (AvgIpc) is 3.17. The van der Waals surface area contributed by atoms with Gasteiger partial charge in [-0.15, -0.1) is 0 Å². The van der Waals surface area contributed by atoms with Crippen molar-refractivity contribution in [3.8, 4) is 0 Å². The number of amides is 1. The Bertz CT molecular complexity index is 1080. The maximum atomic E-state index is 12.5. The van der Waals surface area contributed by atoms with Crippen LogP contribution >= 0.6 is 0 Å². The monoisotopic (exact) mass is 411 g/mol. The first-order chi connectivity index (χ1) is 14.5. The van der Waals surface area contributed by atoms with Crippen LogP contribution in [0, 0.1) is 0 Å². The summed E-state index contributed by atoms with van der Waals surface area (Å²) >= 11 is 0. The van der Waals surface area contributed by atoms with E-state index in [1.54, 1.807) is 35.8 Å². The number of unbranched alkanes of at least 4 members (excludes halogenated alkanes) is 1. The van der Waals surface area contributed by atoms with Crippen LogP contribution in [0.1, 0.15) is 49.3 Å². The lowest BCUT2D eigenvalue weighted by Gasteiger charge is -2.06. The summed E-state index contributed by atoms with van der Waals surface area (Å²) in [5.41, 5.74) is 1.57. The predicted molar refractivity (Wildman–Crippen MR) is 112 cm³/mol. The number of nitrogens with one attached hydrogen (secondary N) is 2. The van der Waals surface area contributed by atoms with Gasteiger partial charge in [-0.3, -0.25) is 14.2 Å². The van der Waals surface area contributed by atoms with Crippen LogP contribution in [0.3, 0.4) is 0 Å². The van der Waals surface area contributed by atoms with Gasteiger partial charge in [0.05, 0.1) is 12.2 Å². The number of hydrogen-bond donors (Lipinski definition) is 2. The second-order valence-corrected chi connectivity index (χ2v) is 6.82. The smallest absolute Gasteiger partial charge is 0.338 e. The van der Waals surface area contributed by atoms with Crippen molar-refractivity contribution in [3.63, 3.8) is 0 Å². The zero-order chi connectivity index (χ0) is 21.5. The van der Waals surface area contributed by atoms with Crippen LogP contribution < -0.4 is 10.9 Å². The van der Waals surface area contributed by atoms with Gasteiger partial charge in [-0.05, 0) is 37.6 Å². The third kappa shape index (κ3) is 5.11. The number of rotatable bonds is 9. The molecule has 9 nitrogen and oxygen atoms in total. The lowest BCUT2D eigenvalue weighted by molar-refractivity contribution is -0.116. The van der Waals surface area contributed by atoms with Gasteiger partial charge in [-0.25, -0.2) is 14.8 Å². The molecule has 3 rings (SSSR count). The highest BCUT2D eigenvalue weighted by atomic mass is 16.5. The van der Waals surface area contributed by atoms with Crippen LogP contribution in [0.4, 0.5) is 5.69 Å². The number of nitrogens with zero attached hydrogens (tertiary/aromatic N) is 3. The quantitative estimate of drug-likeness (QED) is 0.523. The molecule has 0 saturated heterocycles. The first kappa shape index (κ1) is 21.2. The summed E-state index contributed by atoms with van der Waals surface area (Å²) in [7, 11) is 0. The molecule has 30 heavy (non-hydrogen) atoms. The van der Waals surface area contributed by atoms with Gasteiger partial charge in [-0.1, -0.05) is 13.3 Å². The van der Waals surface area contributed by atoms with Gasteiger partial charge >= 0.3 is 5.97 Å². The molecule has 0 spiro atoms. The molecule has 1 aromatic carbocycles. The van der Waals surface area contributed by atoms with Gasteiger partial charge in [0.1, 0.15) is 12.2 Å². The highest BCUT2D eigenvalue weighted by molar-refractivity contribution is 5.93. The molecule has 0 aliphatic heterocycles. The van der Waals surface area contributed by atoms with Crippen molar-refractivity contribution in [1.29, 1.82) is 0 Å². The molecule has 0 atom stereocenters. The van der Waals surface area contributed by atoms with E-state index in [0.29, 0.717) is 47.8 Å². The number of H-pyrrole nitrogens is 1. The first-order valence-electron chi connectivity index (χ1n) is 10.0. The van der Waals surface area contributed by atoms with Crippen molar-refractivity contribution >= 4 is 28.7 Å². The Balaban J connectivity index is 1.59. The molecule has 1 amide bonds. The van der Waals surface area contributed by atoms with Crippen LogP contribution in [0.2, 0.25) is 0 Å². The Morgan fingerprint density at radius 2 is 1.97 bits per heavy atom. The predicted octanol–water partition coefficient (Wildman–Crippen LogP) is 2.67. The third-order valence-electron chi connectivity index (χ3n) is 4.55. The summed E-state index contributed by atoms with van der Waals surface area (Å²) in [4.78, 5) is 47.9. The normalized spacial score (nSPS) is 10.9. The highest BCUT2D eigenvalue weighted by Gasteiger charge is 2.12. The molecule has 0 saturated carbocycles. The first-order valence-corrected chi connectivity index (χ1v) is 10.0. The Morgan fingerprint density at radius 3 is 2.67 bits per heavy atom. The van der Waals surface area contributed by atoms with E-state index in [1.807, 2.05) is 0 Å². The van der Waals surface area contributed by atoms with Crippen LogP contribution in [-0.2, 0) is 22.5 Å². The number of benzene rings is 1. The lowest BCUT2D eigenvalue weighted by atomic mass is 10.2. The lowest BCUT2D eigenvalue weighted by Crippen LogP contribution is -2.20. The van der Waals surface area contributed by atoms with Crippen molar-refractivity contribution in [2.75, 3.05) is 11.9 Å². The summed E-state index contributed by atoms with van der Waals surface area (Å²) < 4.78 is 6.50. The number of fused-ring (bicyclic) bond motifs is 1. The molecular weight excluding hydrogens is 386 g/mol. The molecule has 0 radical (unpaired) electrons. The molecule has 0 fully saturated rings. The van der Waals surface area contributed by atoms with Crippen molar-refractivity contribution in [2.45, 2.75) is 46.1 Å². The van der Waals surface area contributed by atoms with Gasteiger partial charge in [-0.2, -0.15) is 0 Å². The fraction of sp³-hybridized carbons (Fsp3) is 0.381. The van der Waals surface area contributed by atoms with Crippen molar-refractivity contribution in [2.24, 2.45) is 0 Å². The topological polar surface area (TPSA) is 119 Å². The molecule has 0 unspecified atom stereocenters. The van der Waals surface area contributed by atoms with Crippen LogP contribution in [0.15, 0.2) is 35.4 Å². The Morgan fingerprint density at radius 1 is 1.20 bits per heavy atom. The number of imidazole rings is 1. The molecular formula is C21H25N5O4. The largest absolute Gasteiger partial charge is 0.462 e. The number of anilines is 1. The minimum absolute atomic E-state index is 0.154. The number of ether oxygens (including phenoxy) is 1. The van der Waals surface area contributed by atoms with Crippen LogP contribution in [0.25, 0.3) is 11.2 Å². The molecule has 158 valence electrons. The maximum Gasteiger partial charge on any atom is 0.338 e. The van der Waals surface area contributed by atoms with E-state index >= 15 is 0 Å². The molecule has 0 aliphatic carbocycles. The third-order valence-corrected chi connectivity index (χ3v) is 4.55. The summed E-state index contributed by atoms with van der Waals surface area (Å²) in [5, 5.41) is 2.77. The van der Waals surface area contributed by atoms with E-state index < -0.39 is 5.97 Å². The molecule has 0 bridgehead atoms. The second-order valence-electron chi connectivity index (χ2n) is 6.82. The summed E-state index contributed by atoms with van der Waals surface area (Å²) in [5.74, 6) is -0.0639. The number of aromatic amines is 1. The van der Waals surface area contributed by atoms with E-state index in [-0.39, 0.29) is 17.9 Å². The number of aromatic nitrogens is 4. The summed E-state index contributed by atoms with van der Waals surface area (Å²) in [6.07, 6.45) is 3.92. The van der Waals surface area contributed by atoms with Crippen LogP contribution in [0.5, 0.6) is 0 Å². The van der Waals surface area contributed by atoms with E-state index in [4.69, 9.17) is 4.74 Å².